The predicted molar refractivity (Wildman–Crippen MR) is 89.6 cm³/mol. The van der Waals surface area contributed by atoms with Gasteiger partial charge in [-0.05, 0) is 70.3 Å². The molecule has 0 saturated carbocycles. The normalized spacial score (nSPS) is 12.5. The van der Waals surface area contributed by atoms with Crippen molar-refractivity contribution in [3.05, 3.63) is 43.7 Å². The van der Waals surface area contributed by atoms with E-state index in [-0.39, 0.29) is 6.04 Å². The molecule has 2 rings (SSSR count). The Balaban J connectivity index is 2.10. The summed E-state index contributed by atoms with van der Waals surface area (Å²) in [5, 5.41) is 7.49. The van der Waals surface area contributed by atoms with Gasteiger partial charge in [0.2, 0.25) is 0 Å². The molecule has 4 nitrogen and oxygen atoms in total. The van der Waals surface area contributed by atoms with Gasteiger partial charge in [-0.2, -0.15) is 0 Å². The third-order valence-electron chi connectivity index (χ3n) is 3.40. The van der Waals surface area contributed by atoms with Crippen LogP contribution in [0.1, 0.15) is 35.5 Å². The zero-order valence-corrected chi connectivity index (χ0v) is 15.6. The van der Waals surface area contributed by atoms with E-state index >= 15 is 0 Å². The van der Waals surface area contributed by atoms with Crippen molar-refractivity contribution in [2.24, 2.45) is 0 Å². The molecule has 0 fully saturated rings. The quantitative estimate of drug-likeness (QED) is 0.767. The van der Waals surface area contributed by atoms with Crippen molar-refractivity contribution >= 4 is 31.9 Å². The van der Waals surface area contributed by atoms with Gasteiger partial charge >= 0.3 is 0 Å². The lowest BCUT2D eigenvalue weighted by Gasteiger charge is -2.15. The number of halogens is 2. The number of ether oxygens (including phenoxy) is 1. The van der Waals surface area contributed by atoms with E-state index in [1.165, 1.54) is 0 Å². The van der Waals surface area contributed by atoms with Crippen LogP contribution in [-0.4, -0.2) is 12.3 Å². The summed E-state index contributed by atoms with van der Waals surface area (Å²) in [5.41, 5.74) is 3.22. The summed E-state index contributed by atoms with van der Waals surface area (Å²) >= 11 is 7.04. The van der Waals surface area contributed by atoms with E-state index in [1.807, 2.05) is 13.8 Å². The van der Waals surface area contributed by atoms with Crippen molar-refractivity contribution in [3.63, 3.8) is 0 Å². The van der Waals surface area contributed by atoms with E-state index in [9.17, 15) is 0 Å². The fourth-order valence-corrected chi connectivity index (χ4v) is 4.00. The Morgan fingerprint density at radius 3 is 2.38 bits per heavy atom. The van der Waals surface area contributed by atoms with Gasteiger partial charge in [0, 0.05) is 18.2 Å². The molecule has 6 heteroatoms. The van der Waals surface area contributed by atoms with Crippen molar-refractivity contribution < 1.29 is 9.26 Å². The Morgan fingerprint density at radius 1 is 1.29 bits per heavy atom. The molecule has 21 heavy (non-hydrogen) atoms. The first kappa shape index (κ1) is 16.5. The van der Waals surface area contributed by atoms with Crippen molar-refractivity contribution in [1.29, 1.82) is 0 Å². The average Bonchev–Trinajstić information content (AvgIpc) is 2.75. The number of hydrogen-bond acceptors (Lipinski definition) is 4. The van der Waals surface area contributed by atoms with Crippen LogP contribution in [0.15, 0.2) is 25.6 Å². The first-order valence-corrected chi connectivity index (χ1v) is 8.20. The molecule has 1 atom stereocenters. The molecule has 0 saturated heterocycles. The van der Waals surface area contributed by atoms with E-state index in [4.69, 9.17) is 9.26 Å². The van der Waals surface area contributed by atoms with E-state index in [0.717, 1.165) is 43.8 Å². The fourth-order valence-electron chi connectivity index (χ4n) is 2.39. The summed E-state index contributed by atoms with van der Waals surface area (Å²) in [4.78, 5) is 0. The molecule has 0 spiro atoms. The number of aromatic nitrogens is 1. The number of nitrogens with zero attached hydrogens (tertiary/aromatic N) is 1. The highest BCUT2D eigenvalue weighted by atomic mass is 79.9. The Morgan fingerprint density at radius 2 is 1.90 bits per heavy atom. The monoisotopic (exact) mass is 416 g/mol. The first-order valence-electron chi connectivity index (χ1n) is 6.62. The maximum absolute atomic E-state index is 5.31. The van der Waals surface area contributed by atoms with Crippen molar-refractivity contribution in [1.82, 2.24) is 10.5 Å². The van der Waals surface area contributed by atoms with E-state index in [0.29, 0.717) is 0 Å². The van der Waals surface area contributed by atoms with Crippen LogP contribution in [0.25, 0.3) is 0 Å². The molecule has 1 heterocycles. The molecule has 2 aromatic rings. The minimum Gasteiger partial charge on any atom is -0.494 e. The van der Waals surface area contributed by atoms with Crippen LogP contribution in [0.5, 0.6) is 5.75 Å². The number of hydrogen-bond donors (Lipinski definition) is 1. The minimum absolute atomic E-state index is 0.177. The first-order chi connectivity index (χ1) is 9.93. The van der Waals surface area contributed by atoms with Crippen molar-refractivity contribution in [2.45, 2.75) is 33.4 Å². The molecule has 0 amide bonds. The zero-order chi connectivity index (χ0) is 15.6. The SMILES string of the molecule is COc1c(Br)cc(CNC(C)c2c(C)noc2C)cc1Br. The highest BCUT2D eigenvalue weighted by Crippen LogP contribution is 2.34. The standard InChI is InChI=1S/C15H18Br2N2O2/c1-8(14-9(2)19-21-10(14)3)18-7-11-5-12(16)15(20-4)13(17)6-11/h5-6,8,18H,7H2,1-4H3. The summed E-state index contributed by atoms with van der Waals surface area (Å²) in [5.74, 6) is 1.67. The molecule has 1 aromatic heterocycles. The van der Waals surface area contributed by atoms with Crippen LogP contribution >= 0.6 is 31.9 Å². The fraction of sp³-hybridized carbons (Fsp3) is 0.400. The van der Waals surface area contributed by atoms with Gasteiger partial charge in [0.05, 0.1) is 21.7 Å². The number of rotatable bonds is 5. The molecule has 1 unspecified atom stereocenters. The topological polar surface area (TPSA) is 47.3 Å². The molecule has 1 N–H and O–H groups in total. The van der Waals surface area contributed by atoms with Crippen LogP contribution in [0.3, 0.4) is 0 Å². The van der Waals surface area contributed by atoms with Gasteiger partial charge in [-0.3, -0.25) is 0 Å². The summed E-state index contributed by atoms with van der Waals surface area (Å²) < 4.78 is 12.4. The lowest BCUT2D eigenvalue weighted by molar-refractivity contribution is 0.390. The Bertz CT molecular complexity index is 598. The number of nitrogens with one attached hydrogen (secondary N) is 1. The van der Waals surface area contributed by atoms with Crippen LogP contribution in [-0.2, 0) is 6.54 Å². The van der Waals surface area contributed by atoms with Gasteiger partial charge in [0.15, 0.2) is 0 Å². The molecule has 0 bridgehead atoms. The number of methoxy groups -OCH3 is 1. The van der Waals surface area contributed by atoms with Crippen molar-refractivity contribution in [3.8, 4) is 5.75 Å². The second-order valence-corrected chi connectivity index (χ2v) is 6.64. The van der Waals surface area contributed by atoms with Gasteiger partial charge in [-0.1, -0.05) is 5.16 Å². The van der Waals surface area contributed by atoms with Gasteiger partial charge < -0.3 is 14.6 Å². The molecular weight excluding hydrogens is 400 g/mol. The van der Waals surface area contributed by atoms with Crippen LogP contribution in [0.2, 0.25) is 0 Å². The lowest BCUT2D eigenvalue weighted by Crippen LogP contribution is -2.19. The third kappa shape index (κ3) is 3.67. The second-order valence-electron chi connectivity index (χ2n) is 4.93. The van der Waals surface area contributed by atoms with Gasteiger partial charge in [-0.25, -0.2) is 0 Å². The number of benzene rings is 1. The van der Waals surface area contributed by atoms with Crippen LogP contribution < -0.4 is 10.1 Å². The Labute approximate surface area is 141 Å². The highest BCUT2D eigenvalue weighted by molar-refractivity contribution is 9.11. The largest absolute Gasteiger partial charge is 0.494 e. The second kappa shape index (κ2) is 6.94. The predicted octanol–water partition coefficient (Wildman–Crippen LogP) is 4.68. The molecule has 0 aliphatic heterocycles. The average molecular weight is 418 g/mol. The zero-order valence-electron chi connectivity index (χ0n) is 12.5. The maximum Gasteiger partial charge on any atom is 0.147 e. The lowest BCUT2D eigenvalue weighted by atomic mass is 10.1. The third-order valence-corrected chi connectivity index (χ3v) is 4.57. The number of aryl methyl sites for hydroxylation is 2. The molecule has 1 aromatic carbocycles. The molecule has 0 aliphatic rings. The van der Waals surface area contributed by atoms with Crippen LogP contribution in [0, 0.1) is 13.8 Å². The molecule has 0 aliphatic carbocycles. The summed E-state index contributed by atoms with van der Waals surface area (Å²) in [6, 6.07) is 4.28. The molecular formula is C15H18Br2N2O2. The summed E-state index contributed by atoms with van der Waals surface area (Å²) in [6.45, 7) is 6.76. The van der Waals surface area contributed by atoms with Crippen molar-refractivity contribution in [2.75, 3.05) is 7.11 Å². The smallest absolute Gasteiger partial charge is 0.147 e. The molecule has 0 radical (unpaired) electrons. The van der Waals surface area contributed by atoms with Gasteiger partial charge in [-0.15, -0.1) is 0 Å². The van der Waals surface area contributed by atoms with E-state index < -0.39 is 0 Å². The minimum atomic E-state index is 0.177. The summed E-state index contributed by atoms with van der Waals surface area (Å²) in [7, 11) is 1.66. The van der Waals surface area contributed by atoms with Gasteiger partial charge in [0.1, 0.15) is 11.5 Å². The molecule has 114 valence electrons. The van der Waals surface area contributed by atoms with E-state index in [1.54, 1.807) is 7.11 Å². The summed E-state index contributed by atoms with van der Waals surface area (Å²) in [6.07, 6.45) is 0. The highest BCUT2D eigenvalue weighted by Gasteiger charge is 2.16. The Hall–Kier alpha value is -0.850. The van der Waals surface area contributed by atoms with E-state index in [2.05, 4.69) is 61.4 Å². The Kier molecular flexibility index (Phi) is 5.46. The van der Waals surface area contributed by atoms with Gasteiger partial charge in [0.25, 0.3) is 0 Å². The van der Waals surface area contributed by atoms with Crippen LogP contribution in [0.4, 0.5) is 0 Å². The maximum atomic E-state index is 5.31.